The highest BCUT2D eigenvalue weighted by molar-refractivity contribution is 4.98. The first-order chi connectivity index (χ1) is 6.52. The second-order valence-corrected chi connectivity index (χ2v) is 4.14. The van der Waals surface area contributed by atoms with E-state index in [1.807, 2.05) is 6.92 Å². The van der Waals surface area contributed by atoms with Gasteiger partial charge in [0.2, 0.25) is 0 Å². The topological polar surface area (TPSA) is 35.2 Å². The molecule has 0 rings (SSSR count). The molecule has 0 bridgehead atoms. The van der Waals surface area contributed by atoms with Crippen molar-refractivity contribution in [3.05, 3.63) is 12.2 Å². The molecule has 0 radical (unpaired) electrons. The minimum absolute atomic E-state index is 0.0856. The summed E-state index contributed by atoms with van der Waals surface area (Å²) in [7, 11) is 0. The first kappa shape index (κ1) is 13.7. The number of hydrogen-bond acceptors (Lipinski definition) is 2. The number of rotatable bonds is 7. The minimum atomic E-state index is 0.0856. The molecule has 0 spiro atoms. The standard InChI is InChI=1S/C12H25NO/c1-6-10(5)8-11(13)12(9(3)4)14-7-2/h9,11-12H,5-8,13H2,1-4H3. The molecule has 0 aromatic rings. The monoisotopic (exact) mass is 199 g/mol. The van der Waals surface area contributed by atoms with Crippen LogP contribution in [0, 0.1) is 5.92 Å². The average Bonchev–Trinajstić information content (AvgIpc) is 2.13. The van der Waals surface area contributed by atoms with Gasteiger partial charge < -0.3 is 10.5 Å². The van der Waals surface area contributed by atoms with Gasteiger partial charge in [-0.15, -0.1) is 0 Å². The zero-order valence-corrected chi connectivity index (χ0v) is 10.0. The molecule has 14 heavy (non-hydrogen) atoms. The molecule has 0 aromatic carbocycles. The van der Waals surface area contributed by atoms with Gasteiger partial charge >= 0.3 is 0 Å². The Kier molecular flexibility index (Phi) is 6.85. The van der Waals surface area contributed by atoms with Crippen LogP contribution in [0.1, 0.15) is 40.5 Å². The van der Waals surface area contributed by atoms with Crippen LogP contribution in [0.25, 0.3) is 0 Å². The van der Waals surface area contributed by atoms with Gasteiger partial charge in [0.05, 0.1) is 6.10 Å². The molecule has 0 aromatic heterocycles. The molecule has 0 amide bonds. The summed E-state index contributed by atoms with van der Waals surface area (Å²) < 4.78 is 5.64. The first-order valence-electron chi connectivity index (χ1n) is 5.56. The maximum absolute atomic E-state index is 6.10. The quantitative estimate of drug-likeness (QED) is 0.640. The fourth-order valence-corrected chi connectivity index (χ4v) is 1.60. The Bertz CT molecular complexity index is 166. The molecule has 2 unspecified atom stereocenters. The van der Waals surface area contributed by atoms with E-state index in [1.165, 1.54) is 5.57 Å². The third-order valence-electron chi connectivity index (χ3n) is 2.46. The highest BCUT2D eigenvalue weighted by Gasteiger charge is 2.21. The molecule has 0 saturated carbocycles. The lowest BCUT2D eigenvalue weighted by atomic mass is 9.94. The van der Waals surface area contributed by atoms with Crippen LogP contribution in [-0.2, 0) is 4.74 Å². The molecule has 0 aliphatic heterocycles. The summed E-state index contributed by atoms with van der Waals surface area (Å²) in [4.78, 5) is 0. The van der Waals surface area contributed by atoms with Crippen molar-refractivity contribution in [1.29, 1.82) is 0 Å². The van der Waals surface area contributed by atoms with Gasteiger partial charge in [0, 0.05) is 12.6 Å². The summed E-state index contributed by atoms with van der Waals surface area (Å²) in [5.41, 5.74) is 7.31. The molecule has 2 heteroatoms. The van der Waals surface area contributed by atoms with Gasteiger partial charge in [0.1, 0.15) is 0 Å². The van der Waals surface area contributed by atoms with Gasteiger partial charge in [-0.2, -0.15) is 0 Å². The molecule has 0 aliphatic carbocycles. The molecule has 0 fully saturated rings. The van der Waals surface area contributed by atoms with Gasteiger partial charge in [-0.1, -0.05) is 32.9 Å². The molecule has 2 N–H and O–H groups in total. The van der Waals surface area contributed by atoms with Crippen molar-refractivity contribution in [2.45, 2.75) is 52.7 Å². The summed E-state index contributed by atoms with van der Waals surface area (Å²) in [6.45, 7) is 13.1. The van der Waals surface area contributed by atoms with Crippen LogP contribution in [0.15, 0.2) is 12.2 Å². The molecule has 84 valence electrons. The fourth-order valence-electron chi connectivity index (χ4n) is 1.60. The largest absolute Gasteiger partial charge is 0.377 e. The Morgan fingerprint density at radius 3 is 2.29 bits per heavy atom. The zero-order valence-electron chi connectivity index (χ0n) is 10.0. The van der Waals surface area contributed by atoms with Crippen molar-refractivity contribution < 1.29 is 4.74 Å². The molecule has 0 aliphatic rings. The second-order valence-electron chi connectivity index (χ2n) is 4.14. The number of nitrogens with two attached hydrogens (primary N) is 1. The van der Waals surface area contributed by atoms with Gasteiger partial charge in [0.15, 0.2) is 0 Å². The van der Waals surface area contributed by atoms with E-state index in [2.05, 4.69) is 27.4 Å². The van der Waals surface area contributed by atoms with Crippen LogP contribution in [-0.4, -0.2) is 18.8 Å². The third kappa shape index (κ3) is 4.77. The molecule has 0 heterocycles. The van der Waals surface area contributed by atoms with E-state index in [9.17, 15) is 0 Å². The van der Waals surface area contributed by atoms with Gasteiger partial charge in [-0.25, -0.2) is 0 Å². The molecular weight excluding hydrogens is 174 g/mol. The van der Waals surface area contributed by atoms with Gasteiger partial charge in [-0.3, -0.25) is 0 Å². The van der Waals surface area contributed by atoms with Crippen molar-refractivity contribution in [2.75, 3.05) is 6.61 Å². The van der Waals surface area contributed by atoms with Crippen LogP contribution in [0.3, 0.4) is 0 Å². The van der Waals surface area contributed by atoms with E-state index in [4.69, 9.17) is 10.5 Å². The van der Waals surface area contributed by atoms with E-state index >= 15 is 0 Å². The Balaban J connectivity index is 4.14. The Morgan fingerprint density at radius 1 is 1.36 bits per heavy atom. The van der Waals surface area contributed by atoms with Crippen molar-refractivity contribution in [2.24, 2.45) is 11.7 Å². The maximum atomic E-state index is 6.10. The van der Waals surface area contributed by atoms with Crippen molar-refractivity contribution in [1.82, 2.24) is 0 Å². The predicted molar refractivity (Wildman–Crippen MR) is 62.3 cm³/mol. The fraction of sp³-hybridized carbons (Fsp3) is 0.833. The highest BCUT2D eigenvalue weighted by Crippen LogP contribution is 2.16. The number of hydrogen-bond donors (Lipinski definition) is 1. The van der Waals surface area contributed by atoms with Gasteiger partial charge in [-0.05, 0) is 25.7 Å². The summed E-state index contributed by atoms with van der Waals surface area (Å²) in [6, 6.07) is 0.0856. The lowest BCUT2D eigenvalue weighted by Crippen LogP contribution is -2.40. The Morgan fingerprint density at radius 2 is 1.93 bits per heavy atom. The van der Waals surface area contributed by atoms with E-state index in [1.54, 1.807) is 0 Å². The Hall–Kier alpha value is -0.340. The Labute approximate surface area is 88.5 Å². The molecule has 2 nitrogen and oxygen atoms in total. The lowest BCUT2D eigenvalue weighted by molar-refractivity contribution is 0.0127. The lowest BCUT2D eigenvalue weighted by Gasteiger charge is -2.27. The number of ether oxygens (including phenoxy) is 1. The van der Waals surface area contributed by atoms with E-state index in [-0.39, 0.29) is 12.1 Å². The van der Waals surface area contributed by atoms with Crippen molar-refractivity contribution >= 4 is 0 Å². The summed E-state index contributed by atoms with van der Waals surface area (Å²) >= 11 is 0. The van der Waals surface area contributed by atoms with Gasteiger partial charge in [0.25, 0.3) is 0 Å². The van der Waals surface area contributed by atoms with E-state index in [0.717, 1.165) is 19.4 Å². The SMILES string of the molecule is C=C(CC)CC(N)C(OCC)C(C)C. The highest BCUT2D eigenvalue weighted by atomic mass is 16.5. The van der Waals surface area contributed by atoms with Crippen molar-refractivity contribution in [3.8, 4) is 0 Å². The molecule has 0 saturated heterocycles. The van der Waals surface area contributed by atoms with Crippen LogP contribution in [0.4, 0.5) is 0 Å². The molecule has 2 atom stereocenters. The van der Waals surface area contributed by atoms with Crippen molar-refractivity contribution in [3.63, 3.8) is 0 Å². The predicted octanol–water partition coefficient (Wildman–Crippen LogP) is 2.73. The maximum Gasteiger partial charge on any atom is 0.0751 e. The third-order valence-corrected chi connectivity index (χ3v) is 2.46. The van der Waals surface area contributed by atoms with Crippen LogP contribution in [0.5, 0.6) is 0 Å². The first-order valence-corrected chi connectivity index (χ1v) is 5.56. The zero-order chi connectivity index (χ0) is 11.1. The minimum Gasteiger partial charge on any atom is -0.377 e. The normalized spacial score (nSPS) is 15.6. The smallest absolute Gasteiger partial charge is 0.0751 e. The average molecular weight is 199 g/mol. The summed E-state index contributed by atoms with van der Waals surface area (Å²) in [5, 5.41) is 0. The van der Waals surface area contributed by atoms with E-state index in [0.29, 0.717) is 5.92 Å². The summed E-state index contributed by atoms with van der Waals surface area (Å²) in [6.07, 6.45) is 2.03. The van der Waals surface area contributed by atoms with Crippen LogP contribution in [0.2, 0.25) is 0 Å². The van der Waals surface area contributed by atoms with Crippen LogP contribution < -0.4 is 5.73 Å². The van der Waals surface area contributed by atoms with Crippen LogP contribution >= 0.6 is 0 Å². The van der Waals surface area contributed by atoms with E-state index < -0.39 is 0 Å². The second kappa shape index (κ2) is 7.02. The molecular formula is C12H25NO. The summed E-state index contributed by atoms with van der Waals surface area (Å²) in [5.74, 6) is 0.467.